The zero-order valence-corrected chi connectivity index (χ0v) is 13.1. The quantitative estimate of drug-likeness (QED) is 0.845. The molecular weight excluding hydrogens is 268 g/mol. The maximum atomic E-state index is 11.8. The molecule has 0 aliphatic heterocycles. The maximum Gasteiger partial charge on any atom is 0.224 e. The summed E-state index contributed by atoms with van der Waals surface area (Å²) < 4.78 is 0. The van der Waals surface area contributed by atoms with Gasteiger partial charge in [-0.05, 0) is 18.5 Å². The second kappa shape index (κ2) is 7.77. The summed E-state index contributed by atoms with van der Waals surface area (Å²) in [4.78, 5) is 13.1. The Kier molecular flexibility index (Phi) is 7.52. The standard InChI is InChI=1S/C13H22N2OS.ClH/c1-10(8-14-4)12(16)15-9-13(2,3)11-6-5-7-17-11;/h5-7,10,14H,8-9H2,1-4H3,(H,15,16);1H. The van der Waals surface area contributed by atoms with Gasteiger partial charge in [-0.25, -0.2) is 0 Å². The van der Waals surface area contributed by atoms with Gasteiger partial charge >= 0.3 is 0 Å². The van der Waals surface area contributed by atoms with Crippen molar-refractivity contribution < 1.29 is 4.79 Å². The van der Waals surface area contributed by atoms with Gasteiger partial charge in [0.2, 0.25) is 5.91 Å². The van der Waals surface area contributed by atoms with E-state index in [0.717, 1.165) is 0 Å². The molecule has 0 aliphatic rings. The first-order chi connectivity index (χ1) is 7.97. The molecule has 0 saturated heterocycles. The number of hydrogen-bond acceptors (Lipinski definition) is 3. The third-order valence-electron chi connectivity index (χ3n) is 2.85. The van der Waals surface area contributed by atoms with Gasteiger partial charge in [0.15, 0.2) is 0 Å². The van der Waals surface area contributed by atoms with Crippen LogP contribution in [-0.2, 0) is 10.2 Å². The fourth-order valence-electron chi connectivity index (χ4n) is 1.63. The van der Waals surface area contributed by atoms with Crippen molar-refractivity contribution >= 4 is 29.7 Å². The molecule has 0 bridgehead atoms. The molecule has 1 aromatic heterocycles. The van der Waals surface area contributed by atoms with E-state index >= 15 is 0 Å². The highest BCUT2D eigenvalue weighted by Gasteiger charge is 2.23. The molecule has 104 valence electrons. The molecule has 1 rings (SSSR count). The van der Waals surface area contributed by atoms with Crippen LogP contribution in [0.15, 0.2) is 17.5 Å². The van der Waals surface area contributed by atoms with Gasteiger partial charge in [-0.1, -0.05) is 26.8 Å². The molecule has 1 heterocycles. The number of amides is 1. The predicted molar refractivity (Wildman–Crippen MR) is 80.7 cm³/mol. The lowest BCUT2D eigenvalue weighted by molar-refractivity contribution is -0.124. The molecule has 1 amide bonds. The molecule has 2 N–H and O–H groups in total. The van der Waals surface area contributed by atoms with Crippen LogP contribution >= 0.6 is 23.7 Å². The molecule has 0 aliphatic carbocycles. The average Bonchev–Trinajstić information content (AvgIpc) is 2.80. The van der Waals surface area contributed by atoms with Gasteiger partial charge in [0.1, 0.15) is 0 Å². The Morgan fingerprint density at radius 3 is 2.67 bits per heavy atom. The van der Waals surface area contributed by atoms with Crippen LogP contribution in [0.2, 0.25) is 0 Å². The lowest BCUT2D eigenvalue weighted by Gasteiger charge is -2.24. The molecule has 1 unspecified atom stereocenters. The summed E-state index contributed by atoms with van der Waals surface area (Å²) in [5.41, 5.74) is 0.00316. The number of rotatable bonds is 6. The van der Waals surface area contributed by atoms with Gasteiger partial charge in [0.25, 0.3) is 0 Å². The zero-order valence-electron chi connectivity index (χ0n) is 11.4. The highest BCUT2D eigenvalue weighted by Crippen LogP contribution is 2.26. The summed E-state index contributed by atoms with van der Waals surface area (Å²) in [7, 11) is 1.86. The molecule has 0 saturated carbocycles. The fourth-order valence-corrected chi connectivity index (χ4v) is 2.48. The van der Waals surface area contributed by atoms with Crippen molar-refractivity contribution in [2.75, 3.05) is 20.1 Å². The molecule has 0 aromatic carbocycles. The van der Waals surface area contributed by atoms with Crippen molar-refractivity contribution in [1.29, 1.82) is 0 Å². The summed E-state index contributed by atoms with van der Waals surface area (Å²) in [6, 6.07) is 4.17. The summed E-state index contributed by atoms with van der Waals surface area (Å²) in [5.74, 6) is 0.128. The second-order valence-electron chi connectivity index (χ2n) is 5.04. The molecule has 3 nitrogen and oxygen atoms in total. The first kappa shape index (κ1) is 17.4. The summed E-state index contributed by atoms with van der Waals surface area (Å²) in [6.45, 7) is 7.64. The second-order valence-corrected chi connectivity index (χ2v) is 5.99. The summed E-state index contributed by atoms with van der Waals surface area (Å²) in [6.07, 6.45) is 0. The Bertz CT molecular complexity index is 352. The number of nitrogens with one attached hydrogen (secondary N) is 2. The predicted octanol–water partition coefficient (Wildman–Crippen LogP) is 2.42. The van der Waals surface area contributed by atoms with Crippen LogP contribution in [0, 0.1) is 5.92 Å². The Hall–Kier alpha value is -0.580. The van der Waals surface area contributed by atoms with Crippen molar-refractivity contribution in [3.05, 3.63) is 22.4 Å². The van der Waals surface area contributed by atoms with E-state index in [2.05, 4.69) is 35.9 Å². The Morgan fingerprint density at radius 2 is 2.17 bits per heavy atom. The smallest absolute Gasteiger partial charge is 0.224 e. The van der Waals surface area contributed by atoms with Crippen LogP contribution in [0.25, 0.3) is 0 Å². The minimum Gasteiger partial charge on any atom is -0.355 e. The lowest BCUT2D eigenvalue weighted by Crippen LogP contribution is -2.40. The third-order valence-corrected chi connectivity index (χ3v) is 4.09. The Labute approximate surface area is 120 Å². The van der Waals surface area contributed by atoms with E-state index in [9.17, 15) is 4.79 Å². The Morgan fingerprint density at radius 1 is 1.50 bits per heavy atom. The van der Waals surface area contributed by atoms with E-state index in [4.69, 9.17) is 0 Å². The van der Waals surface area contributed by atoms with E-state index in [-0.39, 0.29) is 29.6 Å². The van der Waals surface area contributed by atoms with Crippen LogP contribution in [0.3, 0.4) is 0 Å². The minimum atomic E-state index is 0. The third kappa shape index (κ3) is 4.96. The summed E-state index contributed by atoms with van der Waals surface area (Å²) >= 11 is 1.74. The highest BCUT2D eigenvalue weighted by molar-refractivity contribution is 7.10. The van der Waals surface area contributed by atoms with Gasteiger partial charge in [0.05, 0.1) is 0 Å². The monoisotopic (exact) mass is 290 g/mol. The van der Waals surface area contributed by atoms with Gasteiger partial charge in [0, 0.05) is 29.3 Å². The fraction of sp³-hybridized carbons (Fsp3) is 0.615. The van der Waals surface area contributed by atoms with E-state index in [0.29, 0.717) is 13.1 Å². The van der Waals surface area contributed by atoms with Crippen molar-refractivity contribution in [1.82, 2.24) is 10.6 Å². The molecule has 1 aromatic rings. The van der Waals surface area contributed by atoms with Crippen LogP contribution in [0.5, 0.6) is 0 Å². The number of hydrogen-bond donors (Lipinski definition) is 2. The first-order valence-electron chi connectivity index (χ1n) is 5.93. The van der Waals surface area contributed by atoms with Crippen LogP contribution in [0.1, 0.15) is 25.6 Å². The summed E-state index contributed by atoms with van der Waals surface area (Å²) in [5, 5.41) is 8.11. The molecule has 0 radical (unpaired) electrons. The number of carbonyl (C=O) groups is 1. The first-order valence-corrected chi connectivity index (χ1v) is 6.81. The van der Waals surface area contributed by atoms with E-state index in [1.54, 1.807) is 11.3 Å². The molecule has 0 spiro atoms. The molecule has 18 heavy (non-hydrogen) atoms. The zero-order chi connectivity index (χ0) is 12.9. The number of carbonyl (C=O) groups excluding carboxylic acids is 1. The van der Waals surface area contributed by atoms with Gasteiger partial charge in [-0.2, -0.15) is 0 Å². The largest absolute Gasteiger partial charge is 0.355 e. The lowest BCUT2D eigenvalue weighted by atomic mass is 9.91. The topological polar surface area (TPSA) is 41.1 Å². The van der Waals surface area contributed by atoms with Crippen LogP contribution in [0.4, 0.5) is 0 Å². The van der Waals surface area contributed by atoms with Crippen molar-refractivity contribution in [3.63, 3.8) is 0 Å². The Balaban J connectivity index is 0.00000289. The SMILES string of the molecule is CNCC(C)C(=O)NCC(C)(C)c1cccs1.Cl. The van der Waals surface area contributed by atoms with E-state index in [1.165, 1.54) is 4.88 Å². The van der Waals surface area contributed by atoms with E-state index < -0.39 is 0 Å². The van der Waals surface area contributed by atoms with Crippen LogP contribution in [-0.4, -0.2) is 26.0 Å². The molecule has 0 fully saturated rings. The number of halogens is 1. The van der Waals surface area contributed by atoms with Gasteiger partial charge in [-0.15, -0.1) is 23.7 Å². The molecular formula is C13H23ClN2OS. The molecule has 5 heteroatoms. The van der Waals surface area contributed by atoms with Crippen molar-refractivity contribution in [3.8, 4) is 0 Å². The maximum absolute atomic E-state index is 11.8. The average molecular weight is 291 g/mol. The van der Waals surface area contributed by atoms with Crippen molar-refractivity contribution in [2.45, 2.75) is 26.2 Å². The van der Waals surface area contributed by atoms with E-state index in [1.807, 2.05) is 20.0 Å². The number of thiophene rings is 1. The minimum absolute atomic E-state index is 0. The van der Waals surface area contributed by atoms with Gasteiger partial charge < -0.3 is 10.6 Å². The van der Waals surface area contributed by atoms with Gasteiger partial charge in [-0.3, -0.25) is 4.79 Å². The normalized spacial score (nSPS) is 12.7. The van der Waals surface area contributed by atoms with Crippen molar-refractivity contribution in [2.24, 2.45) is 5.92 Å². The highest BCUT2D eigenvalue weighted by atomic mass is 35.5. The molecule has 1 atom stereocenters. The van der Waals surface area contributed by atoms with Crippen LogP contribution < -0.4 is 10.6 Å².